The van der Waals surface area contributed by atoms with Crippen LogP contribution < -0.4 is 5.32 Å². The Bertz CT molecular complexity index is 525. The predicted octanol–water partition coefficient (Wildman–Crippen LogP) is 3.05. The molecule has 3 rings (SSSR count). The van der Waals surface area contributed by atoms with E-state index in [-0.39, 0.29) is 18.1 Å². The number of hydrogen-bond acceptors (Lipinski definition) is 4. The summed E-state index contributed by atoms with van der Waals surface area (Å²) in [5.41, 5.74) is 0.802. The van der Waals surface area contributed by atoms with Gasteiger partial charge in [-0.3, -0.25) is 9.69 Å². The average Bonchev–Trinajstić information content (AvgIpc) is 3.23. The molecule has 1 amide bonds. The first kappa shape index (κ1) is 17.9. The molecule has 5 nitrogen and oxygen atoms in total. The van der Waals surface area contributed by atoms with Gasteiger partial charge in [0.2, 0.25) is 5.91 Å². The standard InChI is InChI=1S/C18H25BrN2O3/c19-16-7-1-2-8-17(16)20-18(22)13-21(11-14-5-3-9-23-14)12-15-6-4-10-24-15/h1-2,7-8,14-15H,3-6,9-13H2,(H,20,22)/t14-,15+. The van der Waals surface area contributed by atoms with Crippen LogP contribution in [-0.4, -0.2) is 55.9 Å². The summed E-state index contributed by atoms with van der Waals surface area (Å²) in [5.74, 6) is -0.00195. The summed E-state index contributed by atoms with van der Waals surface area (Å²) in [6, 6.07) is 7.66. The van der Waals surface area contributed by atoms with E-state index in [4.69, 9.17) is 9.47 Å². The number of carbonyl (C=O) groups excluding carboxylic acids is 1. The summed E-state index contributed by atoms with van der Waals surface area (Å²) in [4.78, 5) is 14.6. The van der Waals surface area contributed by atoms with Gasteiger partial charge in [0, 0.05) is 30.8 Å². The van der Waals surface area contributed by atoms with E-state index in [0.717, 1.165) is 62.1 Å². The lowest BCUT2D eigenvalue weighted by atomic mass is 10.2. The van der Waals surface area contributed by atoms with Crippen molar-refractivity contribution < 1.29 is 14.3 Å². The quantitative estimate of drug-likeness (QED) is 0.769. The summed E-state index contributed by atoms with van der Waals surface area (Å²) in [5, 5.41) is 2.98. The normalized spacial score (nSPS) is 23.8. The minimum Gasteiger partial charge on any atom is -0.377 e. The molecule has 1 N–H and O–H groups in total. The van der Waals surface area contributed by atoms with Gasteiger partial charge >= 0.3 is 0 Å². The number of para-hydroxylation sites is 1. The molecule has 0 unspecified atom stereocenters. The maximum Gasteiger partial charge on any atom is 0.238 e. The zero-order valence-corrected chi connectivity index (χ0v) is 15.5. The van der Waals surface area contributed by atoms with E-state index < -0.39 is 0 Å². The second-order valence-corrected chi connectivity index (χ2v) is 7.35. The third kappa shape index (κ3) is 5.28. The second-order valence-electron chi connectivity index (χ2n) is 6.49. The Morgan fingerprint density at radius 1 is 1.12 bits per heavy atom. The molecule has 2 aliphatic heterocycles. The molecule has 2 saturated heterocycles. The molecule has 2 aliphatic rings. The van der Waals surface area contributed by atoms with E-state index >= 15 is 0 Å². The van der Waals surface area contributed by atoms with Gasteiger partial charge in [-0.05, 0) is 53.7 Å². The fourth-order valence-electron chi connectivity index (χ4n) is 3.31. The van der Waals surface area contributed by atoms with Gasteiger partial charge in [0.15, 0.2) is 0 Å². The molecule has 132 valence electrons. The number of halogens is 1. The lowest BCUT2D eigenvalue weighted by Gasteiger charge is -2.27. The van der Waals surface area contributed by atoms with Crippen molar-refractivity contribution in [2.24, 2.45) is 0 Å². The third-order valence-electron chi connectivity index (χ3n) is 4.49. The van der Waals surface area contributed by atoms with Crippen molar-refractivity contribution in [2.75, 3.05) is 38.2 Å². The van der Waals surface area contributed by atoms with Crippen LogP contribution in [0.25, 0.3) is 0 Å². The number of anilines is 1. The largest absolute Gasteiger partial charge is 0.377 e. The molecule has 24 heavy (non-hydrogen) atoms. The molecule has 0 aliphatic carbocycles. The van der Waals surface area contributed by atoms with E-state index in [0.29, 0.717) is 6.54 Å². The molecule has 2 atom stereocenters. The van der Waals surface area contributed by atoms with Gasteiger partial charge in [-0.1, -0.05) is 12.1 Å². The molecule has 2 heterocycles. The highest BCUT2D eigenvalue weighted by Gasteiger charge is 2.25. The summed E-state index contributed by atoms with van der Waals surface area (Å²) in [6.45, 7) is 3.62. The first-order chi connectivity index (χ1) is 11.7. The minimum atomic E-state index is -0.00195. The van der Waals surface area contributed by atoms with Crippen molar-refractivity contribution in [1.82, 2.24) is 4.90 Å². The molecule has 1 aromatic rings. The van der Waals surface area contributed by atoms with Crippen LogP contribution in [0.1, 0.15) is 25.7 Å². The number of benzene rings is 1. The van der Waals surface area contributed by atoms with Crippen molar-refractivity contribution in [3.8, 4) is 0 Å². The molecule has 0 radical (unpaired) electrons. The molecule has 0 saturated carbocycles. The highest BCUT2D eigenvalue weighted by molar-refractivity contribution is 9.10. The van der Waals surface area contributed by atoms with E-state index in [2.05, 4.69) is 26.1 Å². The number of rotatable bonds is 7. The topological polar surface area (TPSA) is 50.8 Å². The second kappa shape index (κ2) is 8.94. The van der Waals surface area contributed by atoms with Crippen LogP contribution in [0.15, 0.2) is 28.7 Å². The Labute approximate surface area is 151 Å². The van der Waals surface area contributed by atoms with Crippen LogP contribution in [0.2, 0.25) is 0 Å². The summed E-state index contributed by atoms with van der Waals surface area (Å²) >= 11 is 3.46. The highest BCUT2D eigenvalue weighted by atomic mass is 79.9. The SMILES string of the molecule is O=C(CN(C[C@H]1CCCO1)C[C@@H]1CCCO1)Nc1ccccc1Br. The first-order valence-corrected chi connectivity index (χ1v) is 9.50. The average molecular weight is 397 g/mol. The Kier molecular flexibility index (Phi) is 6.66. The van der Waals surface area contributed by atoms with Gasteiger partial charge in [-0.15, -0.1) is 0 Å². The summed E-state index contributed by atoms with van der Waals surface area (Å²) in [6.07, 6.45) is 4.86. The third-order valence-corrected chi connectivity index (χ3v) is 5.18. The molecule has 0 aromatic heterocycles. The van der Waals surface area contributed by atoms with Crippen LogP contribution in [0.4, 0.5) is 5.69 Å². The number of nitrogens with zero attached hydrogens (tertiary/aromatic N) is 1. The Morgan fingerprint density at radius 2 is 1.75 bits per heavy atom. The lowest BCUT2D eigenvalue weighted by molar-refractivity contribution is -0.118. The number of ether oxygens (including phenoxy) is 2. The Hall–Kier alpha value is -0.950. The Morgan fingerprint density at radius 3 is 2.29 bits per heavy atom. The van der Waals surface area contributed by atoms with E-state index in [1.54, 1.807) is 0 Å². The molecular formula is C18H25BrN2O3. The maximum atomic E-state index is 12.5. The zero-order chi connectivity index (χ0) is 16.8. The van der Waals surface area contributed by atoms with Gasteiger partial charge in [-0.2, -0.15) is 0 Å². The van der Waals surface area contributed by atoms with E-state index in [1.807, 2.05) is 24.3 Å². The van der Waals surface area contributed by atoms with Crippen molar-refractivity contribution in [3.63, 3.8) is 0 Å². The van der Waals surface area contributed by atoms with Gasteiger partial charge in [-0.25, -0.2) is 0 Å². The number of amides is 1. The van der Waals surface area contributed by atoms with Crippen LogP contribution >= 0.6 is 15.9 Å². The van der Waals surface area contributed by atoms with Gasteiger partial charge in [0.25, 0.3) is 0 Å². The smallest absolute Gasteiger partial charge is 0.238 e. The Balaban J connectivity index is 1.56. The van der Waals surface area contributed by atoms with E-state index in [9.17, 15) is 4.79 Å². The van der Waals surface area contributed by atoms with E-state index in [1.165, 1.54) is 0 Å². The molecule has 0 spiro atoms. The van der Waals surface area contributed by atoms with Crippen LogP contribution in [0.5, 0.6) is 0 Å². The van der Waals surface area contributed by atoms with Gasteiger partial charge < -0.3 is 14.8 Å². The minimum absolute atomic E-state index is 0.00195. The molecule has 2 fully saturated rings. The number of hydrogen-bond donors (Lipinski definition) is 1. The maximum absolute atomic E-state index is 12.5. The molecule has 1 aromatic carbocycles. The molecule has 6 heteroatoms. The van der Waals surface area contributed by atoms with Crippen molar-refractivity contribution in [2.45, 2.75) is 37.9 Å². The predicted molar refractivity (Wildman–Crippen MR) is 97.2 cm³/mol. The van der Waals surface area contributed by atoms with Gasteiger partial charge in [0.1, 0.15) is 0 Å². The molecule has 0 bridgehead atoms. The zero-order valence-electron chi connectivity index (χ0n) is 13.9. The number of nitrogens with one attached hydrogen (secondary N) is 1. The van der Waals surface area contributed by atoms with Crippen LogP contribution in [-0.2, 0) is 14.3 Å². The van der Waals surface area contributed by atoms with Gasteiger partial charge in [0.05, 0.1) is 24.4 Å². The fourth-order valence-corrected chi connectivity index (χ4v) is 3.70. The molecular weight excluding hydrogens is 372 g/mol. The van der Waals surface area contributed by atoms with Crippen LogP contribution in [0.3, 0.4) is 0 Å². The van der Waals surface area contributed by atoms with Crippen LogP contribution in [0, 0.1) is 0 Å². The summed E-state index contributed by atoms with van der Waals surface area (Å²) in [7, 11) is 0. The van der Waals surface area contributed by atoms with Crippen molar-refractivity contribution >= 4 is 27.5 Å². The van der Waals surface area contributed by atoms with Crippen molar-refractivity contribution in [3.05, 3.63) is 28.7 Å². The van der Waals surface area contributed by atoms with Crippen molar-refractivity contribution in [1.29, 1.82) is 0 Å². The lowest BCUT2D eigenvalue weighted by Crippen LogP contribution is -2.42. The summed E-state index contributed by atoms with van der Waals surface area (Å²) < 4.78 is 12.4. The number of carbonyl (C=O) groups is 1. The fraction of sp³-hybridized carbons (Fsp3) is 0.611. The first-order valence-electron chi connectivity index (χ1n) is 8.70. The monoisotopic (exact) mass is 396 g/mol. The highest BCUT2D eigenvalue weighted by Crippen LogP contribution is 2.21.